The van der Waals surface area contributed by atoms with Crippen molar-refractivity contribution >= 4 is 0 Å². The third-order valence-corrected chi connectivity index (χ3v) is 3.59. The number of hydrogen-bond donors (Lipinski definition) is 0. The van der Waals surface area contributed by atoms with Gasteiger partial charge in [-0.1, -0.05) is 0 Å². The molecule has 0 aromatic heterocycles. The van der Waals surface area contributed by atoms with Crippen molar-refractivity contribution in [3.05, 3.63) is 0 Å². The molecule has 1 atom stereocenters. The Morgan fingerprint density at radius 1 is 0.452 bits per heavy atom. The van der Waals surface area contributed by atoms with E-state index in [4.69, 9.17) is 42.6 Å². The molecule has 9 heteroatoms. The van der Waals surface area contributed by atoms with Crippen LogP contribution in [0.1, 0.15) is 34.6 Å². The molecule has 0 fully saturated rings. The second kappa shape index (κ2) is 24.3. The highest BCUT2D eigenvalue weighted by molar-refractivity contribution is 4.49. The lowest BCUT2D eigenvalue weighted by Crippen LogP contribution is -2.29. The first-order valence-corrected chi connectivity index (χ1v) is 11.4. The van der Waals surface area contributed by atoms with Crippen LogP contribution in [0.3, 0.4) is 0 Å². The van der Waals surface area contributed by atoms with Crippen molar-refractivity contribution in [2.45, 2.75) is 53.1 Å². The van der Waals surface area contributed by atoms with Gasteiger partial charge < -0.3 is 42.6 Å². The van der Waals surface area contributed by atoms with Crippen LogP contribution < -0.4 is 0 Å². The molecule has 0 bridgehead atoms. The second-order valence-corrected chi connectivity index (χ2v) is 7.13. The number of hydrogen-bond acceptors (Lipinski definition) is 9. The van der Waals surface area contributed by atoms with Gasteiger partial charge in [-0.2, -0.15) is 0 Å². The Bertz CT molecular complexity index is 343. The van der Waals surface area contributed by atoms with Crippen LogP contribution in [-0.4, -0.2) is 111 Å². The fraction of sp³-hybridized carbons (Fsp3) is 1.00. The van der Waals surface area contributed by atoms with Crippen LogP contribution >= 0.6 is 0 Å². The van der Waals surface area contributed by atoms with E-state index in [2.05, 4.69) is 0 Å². The summed E-state index contributed by atoms with van der Waals surface area (Å²) in [4.78, 5) is 0. The van der Waals surface area contributed by atoms with E-state index >= 15 is 0 Å². The molecule has 0 aliphatic carbocycles. The Labute approximate surface area is 188 Å². The summed E-state index contributed by atoms with van der Waals surface area (Å²) in [7, 11) is 0. The lowest BCUT2D eigenvalue weighted by Gasteiger charge is -2.22. The van der Waals surface area contributed by atoms with Crippen molar-refractivity contribution in [2.24, 2.45) is 0 Å². The van der Waals surface area contributed by atoms with Crippen molar-refractivity contribution in [2.75, 3.05) is 92.5 Å². The van der Waals surface area contributed by atoms with Gasteiger partial charge in [-0.3, -0.25) is 0 Å². The zero-order chi connectivity index (χ0) is 23.0. The van der Waals surface area contributed by atoms with Crippen molar-refractivity contribution in [1.82, 2.24) is 0 Å². The summed E-state index contributed by atoms with van der Waals surface area (Å²) in [6.07, 6.45) is -0.160. The summed E-state index contributed by atoms with van der Waals surface area (Å²) in [6.45, 7) is 17.4. The topological polar surface area (TPSA) is 83.1 Å². The minimum absolute atomic E-state index is 0.0775. The molecular formula is C22H46O9. The Balaban J connectivity index is 3.29. The average Bonchev–Trinajstić information content (AvgIpc) is 2.73. The molecule has 0 rings (SSSR count). The molecule has 9 nitrogen and oxygen atoms in total. The molecule has 0 aromatic carbocycles. The Kier molecular flexibility index (Phi) is 24.0. The van der Waals surface area contributed by atoms with Gasteiger partial charge in [0.05, 0.1) is 98.1 Å². The summed E-state index contributed by atoms with van der Waals surface area (Å²) in [5, 5.41) is 0. The van der Waals surface area contributed by atoms with Gasteiger partial charge in [-0.25, -0.2) is 0 Å². The van der Waals surface area contributed by atoms with Crippen LogP contribution in [-0.2, 0) is 42.6 Å². The minimum Gasteiger partial charge on any atom is -0.379 e. The van der Waals surface area contributed by atoms with Gasteiger partial charge in [0, 0.05) is 6.61 Å². The zero-order valence-corrected chi connectivity index (χ0v) is 20.3. The normalized spacial score (nSPS) is 12.9. The lowest BCUT2D eigenvalue weighted by molar-refractivity contribution is -0.199. The first-order valence-electron chi connectivity index (χ1n) is 11.4. The van der Waals surface area contributed by atoms with Gasteiger partial charge in [0.25, 0.3) is 0 Å². The van der Waals surface area contributed by atoms with Crippen LogP contribution in [0.2, 0.25) is 0 Å². The average molecular weight is 455 g/mol. The van der Waals surface area contributed by atoms with Gasteiger partial charge in [0.15, 0.2) is 6.29 Å². The van der Waals surface area contributed by atoms with Crippen molar-refractivity contribution in [3.63, 3.8) is 0 Å². The van der Waals surface area contributed by atoms with E-state index < -0.39 is 0 Å². The molecule has 31 heavy (non-hydrogen) atoms. The van der Waals surface area contributed by atoms with E-state index in [9.17, 15) is 0 Å². The van der Waals surface area contributed by atoms with Crippen LogP contribution in [0.4, 0.5) is 0 Å². The van der Waals surface area contributed by atoms with Crippen molar-refractivity contribution in [1.29, 1.82) is 0 Å². The summed E-state index contributed by atoms with van der Waals surface area (Å²) >= 11 is 0. The highest BCUT2D eigenvalue weighted by atomic mass is 16.7. The molecule has 0 saturated carbocycles. The van der Waals surface area contributed by atoms with Crippen molar-refractivity contribution in [3.8, 4) is 0 Å². The molecule has 0 spiro atoms. The third-order valence-electron chi connectivity index (χ3n) is 3.59. The van der Waals surface area contributed by atoms with E-state index in [1.165, 1.54) is 0 Å². The van der Waals surface area contributed by atoms with E-state index in [0.717, 1.165) is 0 Å². The van der Waals surface area contributed by atoms with Crippen LogP contribution in [0.5, 0.6) is 0 Å². The third kappa shape index (κ3) is 25.8. The van der Waals surface area contributed by atoms with Gasteiger partial charge in [-0.15, -0.1) is 0 Å². The van der Waals surface area contributed by atoms with Crippen LogP contribution in [0.15, 0.2) is 0 Å². The summed E-state index contributed by atoms with van der Waals surface area (Å²) in [5.41, 5.74) is 0. The first kappa shape index (κ1) is 30.6. The van der Waals surface area contributed by atoms with E-state index in [1.807, 2.05) is 34.6 Å². The predicted molar refractivity (Wildman–Crippen MR) is 118 cm³/mol. The molecule has 0 N–H and O–H groups in total. The second-order valence-electron chi connectivity index (χ2n) is 7.13. The zero-order valence-electron chi connectivity index (χ0n) is 20.3. The van der Waals surface area contributed by atoms with Gasteiger partial charge in [0.1, 0.15) is 0 Å². The molecule has 0 heterocycles. The Morgan fingerprint density at radius 2 is 0.839 bits per heavy atom. The van der Waals surface area contributed by atoms with Crippen LogP contribution in [0.25, 0.3) is 0 Å². The largest absolute Gasteiger partial charge is 0.379 e. The molecular weight excluding hydrogens is 408 g/mol. The maximum Gasteiger partial charge on any atom is 0.181 e. The fourth-order valence-corrected chi connectivity index (χ4v) is 2.18. The Morgan fingerprint density at radius 3 is 1.19 bits per heavy atom. The molecule has 188 valence electrons. The predicted octanol–water partition coefficient (Wildman–Crippen LogP) is 2.30. The maximum atomic E-state index is 5.68. The molecule has 0 aliphatic heterocycles. The van der Waals surface area contributed by atoms with E-state index in [1.54, 1.807) is 0 Å². The lowest BCUT2D eigenvalue weighted by atomic mass is 10.4. The van der Waals surface area contributed by atoms with Crippen LogP contribution in [0, 0.1) is 0 Å². The SMILES string of the molecule is CCOCCOCCOCCOCCOCCOCCOC(COC(C)C)OC(C)C. The standard InChI is InChI=1S/C22H46O9/c1-6-23-7-8-24-9-10-25-11-12-26-13-14-27-15-16-28-17-18-29-22(31-21(4)5)19-30-20(2)3/h20-22H,6-19H2,1-5H3. The Hall–Kier alpha value is -0.360. The quantitative estimate of drug-likeness (QED) is 0.152. The highest BCUT2D eigenvalue weighted by Gasteiger charge is 2.12. The number of rotatable bonds is 25. The summed E-state index contributed by atoms with van der Waals surface area (Å²) < 4.78 is 49.2. The van der Waals surface area contributed by atoms with Gasteiger partial charge >= 0.3 is 0 Å². The first-order chi connectivity index (χ1) is 15.1. The number of ether oxygens (including phenoxy) is 9. The molecule has 0 aliphatic rings. The molecule has 1 unspecified atom stereocenters. The van der Waals surface area contributed by atoms with E-state index in [0.29, 0.717) is 92.5 Å². The molecule has 0 saturated heterocycles. The summed E-state index contributed by atoms with van der Waals surface area (Å²) in [5.74, 6) is 0. The molecule has 0 amide bonds. The van der Waals surface area contributed by atoms with Crippen molar-refractivity contribution < 1.29 is 42.6 Å². The smallest absolute Gasteiger partial charge is 0.181 e. The fourth-order valence-electron chi connectivity index (χ4n) is 2.18. The molecule has 0 aromatic rings. The maximum absolute atomic E-state index is 5.68. The van der Waals surface area contributed by atoms with Gasteiger partial charge in [0.2, 0.25) is 0 Å². The summed E-state index contributed by atoms with van der Waals surface area (Å²) in [6, 6.07) is 0. The van der Waals surface area contributed by atoms with Gasteiger partial charge in [-0.05, 0) is 34.6 Å². The molecule has 0 radical (unpaired) electrons. The highest BCUT2D eigenvalue weighted by Crippen LogP contribution is 2.03. The minimum atomic E-state index is -0.378. The van der Waals surface area contributed by atoms with E-state index in [-0.39, 0.29) is 18.5 Å². The monoisotopic (exact) mass is 454 g/mol.